The second-order valence-electron chi connectivity index (χ2n) is 6.01. The second kappa shape index (κ2) is 7.86. The summed E-state index contributed by atoms with van der Waals surface area (Å²) in [6, 6.07) is 5.62. The van der Waals surface area contributed by atoms with Crippen molar-refractivity contribution < 1.29 is 4.39 Å². The Balaban J connectivity index is 2.66. The molecule has 1 unspecified atom stereocenters. The standard InChI is InChI=1S/C16H25ClFN/c1-11(2)7-14(10-19-12(3)4)8-13-5-6-15(17)16(18)9-13/h5-6,9,11-12,14,19H,7-8,10H2,1-4H3. The Labute approximate surface area is 121 Å². The fourth-order valence-corrected chi connectivity index (χ4v) is 2.43. The third kappa shape index (κ3) is 6.40. The van der Waals surface area contributed by atoms with Crippen LogP contribution in [-0.2, 0) is 6.42 Å². The first-order chi connectivity index (χ1) is 8.88. The van der Waals surface area contributed by atoms with Crippen LogP contribution < -0.4 is 5.32 Å². The van der Waals surface area contributed by atoms with Crippen molar-refractivity contribution in [3.8, 4) is 0 Å². The number of hydrogen-bond acceptors (Lipinski definition) is 1. The fourth-order valence-electron chi connectivity index (χ4n) is 2.31. The number of benzene rings is 1. The maximum atomic E-state index is 13.5. The van der Waals surface area contributed by atoms with Crippen molar-refractivity contribution in [2.24, 2.45) is 11.8 Å². The van der Waals surface area contributed by atoms with Gasteiger partial charge in [-0.25, -0.2) is 4.39 Å². The van der Waals surface area contributed by atoms with Gasteiger partial charge in [-0.1, -0.05) is 45.4 Å². The van der Waals surface area contributed by atoms with Gasteiger partial charge < -0.3 is 5.32 Å². The van der Waals surface area contributed by atoms with E-state index < -0.39 is 0 Å². The average molecular weight is 286 g/mol. The number of nitrogens with one attached hydrogen (secondary N) is 1. The lowest BCUT2D eigenvalue weighted by molar-refractivity contribution is 0.372. The van der Waals surface area contributed by atoms with Crippen molar-refractivity contribution in [2.45, 2.75) is 46.6 Å². The smallest absolute Gasteiger partial charge is 0.142 e. The molecular formula is C16H25ClFN. The summed E-state index contributed by atoms with van der Waals surface area (Å²) >= 11 is 5.72. The van der Waals surface area contributed by atoms with Crippen LogP contribution in [0, 0.1) is 17.7 Å². The molecule has 0 bridgehead atoms. The Morgan fingerprint density at radius 2 is 1.89 bits per heavy atom. The normalized spacial score (nSPS) is 13.3. The van der Waals surface area contributed by atoms with Crippen molar-refractivity contribution in [3.05, 3.63) is 34.6 Å². The third-order valence-corrected chi connectivity index (χ3v) is 3.43. The fraction of sp³-hybridized carbons (Fsp3) is 0.625. The zero-order chi connectivity index (χ0) is 14.4. The Hall–Kier alpha value is -0.600. The topological polar surface area (TPSA) is 12.0 Å². The summed E-state index contributed by atoms with van der Waals surface area (Å²) in [5, 5.41) is 3.68. The summed E-state index contributed by atoms with van der Waals surface area (Å²) < 4.78 is 13.5. The molecule has 1 nitrogen and oxygen atoms in total. The summed E-state index contributed by atoms with van der Waals surface area (Å²) in [4.78, 5) is 0. The van der Waals surface area contributed by atoms with Crippen LogP contribution in [0.1, 0.15) is 39.7 Å². The molecular weight excluding hydrogens is 261 g/mol. The Kier molecular flexibility index (Phi) is 6.81. The molecule has 0 fully saturated rings. The van der Waals surface area contributed by atoms with E-state index in [1.807, 2.05) is 6.07 Å². The van der Waals surface area contributed by atoms with Gasteiger partial charge in [0.2, 0.25) is 0 Å². The van der Waals surface area contributed by atoms with E-state index in [1.54, 1.807) is 12.1 Å². The van der Waals surface area contributed by atoms with E-state index in [-0.39, 0.29) is 10.8 Å². The van der Waals surface area contributed by atoms with Crippen molar-refractivity contribution in [1.82, 2.24) is 5.32 Å². The van der Waals surface area contributed by atoms with E-state index >= 15 is 0 Å². The largest absolute Gasteiger partial charge is 0.314 e. The van der Waals surface area contributed by atoms with Crippen LogP contribution in [-0.4, -0.2) is 12.6 Å². The van der Waals surface area contributed by atoms with E-state index in [9.17, 15) is 4.39 Å². The lowest BCUT2D eigenvalue weighted by Crippen LogP contribution is -2.30. The summed E-state index contributed by atoms with van der Waals surface area (Å²) in [6.45, 7) is 9.72. The lowest BCUT2D eigenvalue weighted by atomic mass is 9.90. The molecule has 0 saturated heterocycles. The number of rotatable bonds is 7. The minimum Gasteiger partial charge on any atom is -0.314 e. The molecule has 0 amide bonds. The van der Waals surface area contributed by atoms with Crippen molar-refractivity contribution in [2.75, 3.05) is 6.54 Å². The second-order valence-corrected chi connectivity index (χ2v) is 6.42. The first kappa shape index (κ1) is 16.5. The van der Waals surface area contributed by atoms with E-state index in [0.29, 0.717) is 17.9 Å². The van der Waals surface area contributed by atoms with Crippen LogP contribution >= 0.6 is 11.6 Å². The van der Waals surface area contributed by atoms with E-state index in [0.717, 1.165) is 24.9 Å². The molecule has 1 aromatic carbocycles. The quantitative estimate of drug-likeness (QED) is 0.767. The van der Waals surface area contributed by atoms with Crippen molar-refractivity contribution in [3.63, 3.8) is 0 Å². The maximum absolute atomic E-state index is 13.5. The Bertz CT molecular complexity index is 390. The molecule has 0 aliphatic rings. The van der Waals surface area contributed by atoms with E-state index in [1.165, 1.54) is 0 Å². The maximum Gasteiger partial charge on any atom is 0.142 e. The highest BCUT2D eigenvalue weighted by Gasteiger charge is 2.13. The minimum absolute atomic E-state index is 0.199. The van der Waals surface area contributed by atoms with Gasteiger partial charge in [-0.3, -0.25) is 0 Å². The summed E-state index contributed by atoms with van der Waals surface area (Å²) in [6.07, 6.45) is 2.04. The van der Waals surface area contributed by atoms with Gasteiger partial charge in [-0.15, -0.1) is 0 Å². The number of hydrogen-bond donors (Lipinski definition) is 1. The van der Waals surface area contributed by atoms with Gasteiger partial charge in [0.05, 0.1) is 5.02 Å². The first-order valence-corrected chi connectivity index (χ1v) is 7.43. The van der Waals surface area contributed by atoms with Gasteiger partial charge in [-0.05, 0) is 48.9 Å². The zero-order valence-electron chi connectivity index (χ0n) is 12.3. The molecule has 0 spiro atoms. The average Bonchev–Trinajstić information content (AvgIpc) is 2.30. The predicted molar refractivity (Wildman–Crippen MR) is 81.2 cm³/mol. The lowest BCUT2D eigenvalue weighted by Gasteiger charge is -2.21. The monoisotopic (exact) mass is 285 g/mol. The van der Waals surface area contributed by atoms with Gasteiger partial charge in [0.1, 0.15) is 5.82 Å². The highest BCUT2D eigenvalue weighted by molar-refractivity contribution is 6.30. The third-order valence-electron chi connectivity index (χ3n) is 3.13. The van der Waals surface area contributed by atoms with Crippen LogP contribution in [0.25, 0.3) is 0 Å². The summed E-state index contributed by atoms with van der Waals surface area (Å²) in [5.74, 6) is 0.860. The molecule has 1 atom stereocenters. The highest BCUT2D eigenvalue weighted by Crippen LogP contribution is 2.21. The molecule has 0 saturated carbocycles. The Morgan fingerprint density at radius 1 is 1.21 bits per heavy atom. The molecule has 1 rings (SSSR count). The van der Waals surface area contributed by atoms with Gasteiger partial charge in [0.25, 0.3) is 0 Å². The van der Waals surface area contributed by atoms with Crippen LogP contribution in [0.4, 0.5) is 4.39 Å². The minimum atomic E-state index is -0.320. The van der Waals surface area contributed by atoms with Crippen LogP contribution in [0.2, 0.25) is 5.02 Å². The van der Waals surface area contributed by atoms with E-state index in [2.05, 4.69) is 33.0 Å². The Morgan fingerprint density at radius 3 is 2.42 bits per heavy atom. The molecule has 19 heavy (non-hydrogen) atoms. The van der Waals surface area contributed by atoms with Gasteiger partial charge in [0.15, 0.2) is 0 Å². The van der Waals surface area contributed by atoms with Crippen molar-refractivity contribution in [1.29, 1.82) is 0 Å². The molecule has 108 valence electrons. The molecule has 1 aromatic rings. The SMILES string of the molecule is CC(C)CC(CNC(C)C)Cc1ccc(Cl)c(F)c1. The molecule has 0 heterocycles. The van der Waals surface area contributed by atoms with Gasteiger partial charge in [-0.2, -0.15) is 0 Å². The van der Waals surface area contributed by atoms with Crippen LogP contribution in [0.3, 0.4) is 0 Å². The molecule has 0 aliphatic heterocycles. The molecule has 0 aliphatic carbocycles. The number of halogens is 2. The molecule has 1 N–H and O–H groups in total. The first-order valence-electron chi connectivity index (χ1n) is 7.05. The summed E-state index contributed by atoms with van der Waals surface area (Å²) in [5.41, 5.74) is 1.03. The molecule has 3 heteroatoms. The zero-order valence-corrected chi connectivity index (χ0v) is 13.1. The van der Waals surface area contributed by atoms with E-state index in [4.69, 9.17) is 11.6 Å². The highest BCUT2D eigenvalue weighted by atomic mass is 35.5. The van der Waals surface area contributed by atoms with Gasteiger partial charge in [0, 0.05) is 6.04 Å². The van der Waals surface area contributed by atoms with Crippen molar-refractivity contribution >= 4 is 11.6 Å². The summed E-state index contributed by atoms with van der Waals surface area (Å²) in [7, 11) is 0. The molecule has 0 radical (unpaired) electrons. The predicted octanol–water partition coefficient (Wildman–Crippen LogP) is 4.68. The molecule has 0 aromatic heterocycles. The van der Waals surface area contributed by atoms with Crippen LogP contribution in [0.5, 0.6) is 0 Å². The van der Waals surface area contributed by atoms with Gasteiger partial charge >= 0.3 is 0 Å². The van der Waals surface area contributed by atoms with Crippen LogP contribution in [0.15, 0.2) is 18.2 Å².